The van der Waals surface area contributed by atoms with E-state index in [0.29, 0.717) is 0 Å². The van der Waals surface area contributed by atoms with Gasteiger partial charge in [-0.1, -0.05) is 18.2 Å². The molecule has 2 aliphatic heterocycles. The summed E-state index contributed by atoms with van der Waals surface area (Å²) in [5, 5.41) is 4.32. The Balaban J connectivity index is 1.57. The molecule has 3 atom stereocenters. The van der Waals surface area contributed by atoms with Crippen molar-refractivity contribution in [2.45, 2.75) is 38.0 Å². The summed E-state index contributed by atoms with van der Waals surface area (Å²) in [5.74, 6) is 0. The lowest BCUT2D eigenvalue weighted by Crippen LogP contribution is -2.36. The van der Waals surface area contributed by atoms with E-state index in [1.807, 2.05) is 18.3 Å². The second kappa shape index (κ2) is 8.20. The topological polar surface area (TPSA) is 42.3 Å². The van der Waals surface area contributed by atoms with E-state index < -0.39 is 0 Å². The number of hydrogen-bond donors (Lipinski definition) is 1. The van der Waals surface area contributed by atoms with E-state index in [9.17, 15) is 0 Å². The van der Waals surface area contributed by atoms with Gasteiger partial charge < -0.3 is 19.5 Å². The number of rotatable bonds is 5. The summed E-state index contributed by atoms with van der Waals surface area (Å²) < 4.78 is 8.22. The van der Waals surface area contributed by atoms with Gasteiger partial charge in [0.25, 0.3) is 0 Å². The van der Waals surface area contributed by atoms with Gasteiger partial charge in [0.2, 0.25) is 0 Å². The Labute approximate surface area is 182 Å². The predicted octanol–water partition coefficient (Wildman–Crippen LogP) is 4.33. The van der Waals surface area contributed by atoms with Gasteiger partial charge in [-0.25, -0.2) is 0 Å². The van der Waals surface area contributed by atoms with Crippen LogP contribution in [0.3, 0.4) is 0 Å². The molecule has 5 rings (SSSR count). The van der Waals surface area contributed by atoms with Gasteiger partial charge in [0.05, 0.1) is 23.9 Å². The number of nitrogens with zero attached hydrogens (tertiary/aromatic N) is 3. The molecule has 6 heteroatoms. The molecule has 0 saturated carbocycles. The molecule has 5 nitrogen and oxygen atoms in total. The molecule has 3 aromatic rings. The van der Waals surface area contributed by atoms with Crippen molar-refractivity contribution in [1.29, 1.82) is 0 Å². The molecule has 0 bridgehead atoms. The quantitative estimate of drug-likeness (QED) is 0.625. The van der Waals surface area contributed by atoms with Gasteiger partial charge >= 0.3 is 0 Å². The number of thiocarbonyl (C=S) groups is 1. The van der Waals surface area contributed by atoms with E-state index in [4.69, 9.17) is 17.0 Å². The van der Waals surface area contributed by atoms with E-state index >= 15 is 0 Å². The maximum atomic E-state index is 5.95. The van der Waals surface area contributed by atoms with Gasteiger partial charge in [-0.3, -0.25) is 4.98 Å². The van der Waals surface area contributed by atoms with Crippen LogP contribution in [-0.2, 0) is 4.74 Å². The first-order chi connectivity index (χ1) is 14.7. The van der Waals surface area contributed by atoms with Crippen molar-refractivity contribution in [1.82, 2.24) is 19.8 Å². The van der Waals surface area contributed by atoms with Crippen LogP contribution in [0, 0.1) is 6.92 Å². The Morgan fingerprint density at radius 2 is 2.10 bits per heavy atom. The van der Waals surface area contributed by atoms with Gasteiger partial charge in [-0.2, -0.15) is 0 Å². The van der Waals surface area contributed by atoms with Gasteiger partial charge in [0.15, 0.2) is 5.11 Å². The fraction of sp³-hybridized carbons (Fsp3) is 0.333. The number of hydrogen-bond acceptors (Lipinski definition) is 3. The number of benzene rings is 1. The highest BCUT2D eigenvalue weighted by Gasteiger charge is 2.42. The maximum Gasteiger partial charge on any atom is 0.170 e. The molecular weight excluding hydrogens is 392 g/mol. The van der Waals surface area contributed by atoms with Crippen molar-refractivity contribution in [3.05, 3.63) is 83.9 Å². The van der Waals surface area contributed by atoms with Crippen molar-refractivity contribution < 1.29 is 4.74 Å². The van der Waals surface area contributed by atoms with Crippen LogP contribution in [0.1, 0.15) is 41.9 Å². The summed E-state index contributed by atoms with van der Waals surface area (Å²) >= 11 is 5.81. The molecule has 2 fully saturated rings. The molecule has 0 aliphatic carbocycles. The molecule has 1 aromatic carbocycles. The minimum absolute atomic E-state index is 0.0152. The highest BCUT2D eigenvalue weighted by atomic mass is 32.1. The Bertz CT molecular complexity index is 1030. The zero-order valence-corrected chi connectivity index (χ0v) is 17.9. The fourth-order valence-electron chi connectivity index (χ4n) is 4.58. The Kier molecular flexibility index (Phi) is 5.27. The lowest BCUT2D eigenvalue weighted by molar-refractivity contribution is 0.0836. The third-order valence-electron chi connectivity index (χ3n) is 5.99. The zero-order valence-electron chi connectivity index (χ0n) is 17.1. The summed E-state index contributed by atoms with van der Waals surface area (Å²) in [6.07, 6.45) is 6.40. The first-order valence-electron chi connectivity index (χ1n) is 10.5. The summed E-state index contributed by atoms with van der Waals surface area (Å²) in [6, 6.07) is 19.0. The molecule has 0 spiro atoms. The highest BCUT2D eigenvalue weighted by Crippen LogP contribution is 2.40. The van der Waals surface area contributed by atoms with Crippen molar-refractivity contribution in [2.75, 3.05) is 13.2 Å². The first-order valence-corrected chi connectivity index (χ1v) is 11.0. The number of nitrogens with one attached hydrogen (secondary N) is 1. The molecule has 1 N–H and O–H groups in total. The monoisotopic (exact) mass is 418 g/mol. The van der Waals surface area contributed by atoms with E-state index in [-0.39, 0.29) is 18.2 Å². The van der Waals surface area contributed by atoms with Crippen LogP contribution >= 0.6 is 12.2 Å². The van der Waals surface area contributed by atoms with Crippen LogP contribution < -0.4 is 5.32 Å². The van der Waals surface area contributed by atoms with E-state index in [2.05, 4.69) is 75.4 Å². The first kappa shape index (κ1) is 19.3. The summed E-state index contributed by atoms with van der Waals surface area (Å²) in [6.45, 7) is 3.75. The average Bonchev–Trinajstić information content (AvgIpc) is 3.50. The Hall–Kier alpha value is -2.70. The zero-order chi connectivity index (χ0) is 20.5. The molecule has 154 valence electrons. The summed E-state index contributed by atoms with van der Waals surface area (Å²) in [5.41, 5.74) is 4.59. The van der Waals surface area contributed by atoms with Crippen LogP contribution in [0.15, 0.2) is 67.0 Å². The Morgan fingerprint density at radius 3 is 2.87 bits per heavy atom. The average molecular weight is 419 g/mol. The van der Waals surface area contributed by atoms with Gasteiger partial charge in [-0.15, -0.1) is 0 Å². The van der Waals surface area contributed by atoms with Crippen molar-refractivity contribution in [3.63, 3.8) is 0 Å². The van der Waals surface area contributed by atoms with E-state index in [1.54, 1.807) is 0 Å². The van der Waals surface area contributed by atoms with Crippen molar-refractivity contribution >= 4 is 17.3 Å². The third-order valence-corrected chi connectivity index (χ3v) is 6.34. The lowest BCUT2D eigenvalue weighted by Gasteiger charge is -2.30. The van der Waals surface area contributed by atoms with Crippen LogP contribution in [0.2, 0.25) is 0 Å². The smallest absolute Gasteiger partial charge is 0.170 e. The SMILES string of the molecule is Cc1cccc(-n2cccc2[C@@H]2[C@@H](c3ccccn3)NC(=S)N2C[C@@H]2CCCO2)c1. The molecule has 0 amide bonds. The minimum Gasteiger partial charge on any atom is -0.376 e. The Morgan fingerprint density at radius 1 is 1.17 bits per heavy atom. The number of aryl methyl sites for hydroxylation is 1. The van der Waals surface area contributed by atoms with Crippen LogP contribution in [0.4, 0.5) is 0 Å². The molecule has 0 unspecified atom stereocenters. The fourth-order valence-corrected chi connectivity index (χ4v) is 4.89. The van der Waals surface area contributed by atoms with E-state index in [1.165, 1.54) is 11.3 Å². The normalized spacial score (nSPS) is 23.7. The second-order valence-corrected chi connectivity index (χ2v) is 8.44. The number of aromatic nitrogens is 2. The minimum atomic E-state index is -0.0152. The number of ether oxygens (including phenoxy) is 1. The molecule has 4 heterocycles. The van der Waals surface area contributed by atoms with Crippen molar-refractivity contribution in [3.8, 4) is 5.69 Å². The summed E-state index contributed by atoms with van der Waals surface area (Å²) in [4.78, 5) is 6.95. The predicted molar refractivity (Wildman–Crippen MR) is 122 cm³/mol. The lowest BCUT2D eigenvalue weighted by atomic mass is 10.0. The molecule has 0 radical (unpaired) electrons. The van der Waals surface area contributed by atoms with Crippen LogP contribution in [0.25, 0.3) is 5.69 Å². The molecular formula is C24H26N4OS. The highest BCUT2D eigenvalue weighted by molar-refractivity contribution is 7.80. The second-order valence-electron chi connectivity index (χ2n) is 8.06. The molecule has 30 heavy (non-hydrogen) atoms. The van der Waals surface area contributed by atoms with E-state index in [0.717, 1.165) is 42.5 Å². The molecule has 2 saturated heterocycles. The molecule has 2 aliphatic rings. The maximum absolute atomic E-state index is 5.95. The molecule has 2 aromatic heterocycles. The van der Waals surface area contributed by atoms with Crippen LogP contribution in [-0.4, -0.2) is 38.8 Å². The summed E-state index contributed by atoms with van der Waals surface area (Å²) in [7, 11) is 0. The van der Waals surface area contributed by atoms with Crippen LogP contribution in [0.5, 0.6) is 0 Å². The largest absolute Gasteiger partial charge is 0.376 e. The van der Waals surface area contributed by atoms with Gasteiger partial charge in [-0.05, 0) is 73.9 Å². The van der Waals surface area contributed by atoms with Gasteiger partial charge in [0.1, 0.15) is 0 Å². The van der Waals surface area contributed by atoms with Gasteiger partial charge in [0, 0.05) is 36.9 Å². The number of pyridine rings is 1. The van der Waals surface area contributed by atoms with Crippen molar-refractivity contribution in [2.24, 2.45) is 0 Å². The third kappa shape index (κ3) is 3.61. The standard InChI is InChI=1S/C24H26N4OS/c1-17-7-4-8-18(15-17)27-13-5-11-21(27)23-22(20-10-2-3-12-25-20)26-24(30)28(23)16-19-9-6-14-29-19/h2-5,7-8,10-13,15,19,22-23H,6,9,14,16H2,1H3,(H,26,30)/t19-,22+,23+/m0/s1.